The topological polar surface area (TPSA) is 141 Å². The van der Waals surface area contributed by atoms with Crippen molar-refractivity contribution in [3.8, 4) is 11.1 Å². The number of benzene rings is 4. The molecule has 3 unspecified atom stereocenters. The third kappa shape index (κ3) is 9.47. The zero-order valence-corrected chi connectivity index (χ0v) is 31.8. The van der Waals surface area contributed by atoms with Gasteiger partial charge >= 0.3 is 5.97 Å². The number of nitrogens with zero attached hydrogens (tertiary/aromatic N) is 2. The van der Waals surface area contributed by atoms with Gasteiger partial charge in [-0.2, -0.15) is 0 Å². The van der Waals surface area contributed by atoms with E-state index in [2.05, 4.69) is 56.8 Å². The number of carboxylic acids is 1. The molecule has 11 heteroatoms. The van der Waals surface area contributed by atoms with Gasteiger partial charge in [0.15, 0.2) is 6.29 Å². The number of likely N-dealkylation sites (tertiary alicyclic amines) is 1. The quantitative estimate of drug-likeness (QED) is 0.100. The number of aliphatic hydroxyl groups is 1. The molecule has 0 radical (unpaired) electrons. The van der Waals surface area contributed by atoms with E-state index in [1.54, 1.807) is 0 Å². The van der Waals surface area contributed by atoms with Crippen LogP contribution in [0.1, 0.15) is 86.0 Å². The number of hydrogen-bond acceptors (Lipinski definition) is 8. The minimum absolute atomic E-state index is 0.0209. The molecular weight excluding hydrogens is 709 g/mol. The Balaban J connectivity index is 1.02. The number of anilines is 1. The van der Waals surface area contributed by atoms with Gasteiger partial charge in [-0.3, -0.25) is 14.4 Å². The molecule has 3 aliphatic rings. The zero-order chi connectivity index (χ0) is 38.9. The summed E-state index contributed by atoms with van der Waals surface area (Å²) in [6.07, 6.45) is 3.63. The molecule has 1 spiro atoms. The fourth-order valence-electron chi connectivity index (χ4n) is 8.21. The Bertz CT molecular complexity index is 1950. The first-order valence-corrected chi connectivity index (χ1v) is 19.8. The van der Waals surface area contributed by atoms with Gasteiger partial charge in [-0.25, -0.2) is 0 Å². The average Bonchev–Trinajstić information content (AvgIpc) is 3.55. The number of unbranched alkanes of at least 4 members (excludes halogenated alkanes) is 2. The second-order valence-corrected chi connectivity index (χ2v) is 15.2. The number of rotatable bonds is 15. The van der Waals surface area contributed by atoms with E-state index in [0.717, 1.165) is 65.0 Å². The summed E-state index contributed by atoms with van der Waals surface area (Å²) in [5, 5.41) is 24.6. The number of aliphatic hydroxyl groups excluding tert-OH is 1. The monoisotopic (exact) mass is 760 g/mol. The van der Waals surface area contributed by atoms with E-state index in [9.17, 15) is 19.5 Å². The van der Waals surface area contributed by atoms with Crippen LogP contribution in [0.15, 0.2) is 103 Å². The Kier molecular flexibility index (Phi) is 12.8. The van der Waals surface area contributed by atoms with Crippen LogP contribution in [0.2, 0.25) is 0 Å². The fourth-order valence-corrected chi connectivity index (χ4v) is 8.21. The molecule has 0 bridgehead atoms. The van der Waals surface area contributed by atoms with E-state index in [1.807, 2.05) is 66.7 Å². The van der Waals surface area contributed by atoms with Crippen molar-refractivity contribution in [1.29, 1.82) is 0 Å². The van der Waals surface area contributed by atoms with Gasteiger partial charge in [0.05, 0.1) is 25.5 Å². The van der Waals surface area contributed by atoms with E-state index in [0.29, 0.717) is 51.9 Å². The number of hydrogen-bond donors (Lipinski definition) is 4. The Labute approximate surface area is 328 Å². The summed E-state index contributed by atoms with van der Waals surface area (Å²) in [4.78, 5) is 41.1. The van der Waals surface area contributed by atoms with Crippen LogP contribution in [0, 0.1) is 0 Å². The molecule has 11 nitrogen and oxygen atoms in total. The molecule has 4 aromatic rings. The molecule has 0 saturated carbocycles. The number of ether oxygens (including phenoxy) is 2. The lowest BCUT2D eigenvalue weighted by Crippen LogP contribution is -2.57. The van der Waals surface area contributed by atoms with E-state index in [-0.39, 0.29) is 37.0 Å². The van der Waals surface area contributed by atoms with Crippen molar-refractivity contribution in [1.82, 2.24) is 15.5 Å². The van der Waals surface area contributed by atoms with Gasteiger partial charge in [0.25, 0.3) is 0 Å². The molecule has 56 heavy (non-hydrogen) atoms. The lowest BCUT2D eigenvalue weighted by atomic mass is 9.85. The highest BCUT2D eigenvalue weighted by atomic mass is 16.7. The lowest BCUT2D eigenvalue weighted by Gasteiger charge is -2.45. The van der Waals surface area contributed by atoms with Crippen LogP contribution in [0.4, 0.5) is 5.69 Å². The number of para-hydroxylation sites is 1. The molecular formula is C45H52N4O7. The summed E-state index contributed by atoms with van der Waals surface area (Å²) in [6, 6.07) is 34.4. The Morgan fingerprint density at radius 3 is 2.29 bits per heavy atom. The first kappa shape index (κ1) is 39.2. The third-order valence-electron chi connectivity index (χ3n) is 11.4. The molecule has 3 atom stereocenters. The smallest absolute Gasteiger partial charge is 0.303 e. The maximum Gasteiger partial charge on any atom is 0.303 e. The largest absolute Gasteiger partial charge is 0.481 e. The molecule has 3 heterocycles. The molecule has 7 rings (SSSR count). The number of nitrogens with one attached hydrogen (secondary N) is 2. The maximum absolute atomic E-state index is 13.3. The average molecular weight is 761 g/mol. The van der Waals surface area contributed by atoms with Gasteiger partial charge in [0, 0.05) is 56.7 Å². The number of amides is 2. The molecule has 4 N–H and O–H groups in total. The predicted octanol–water partition coefficient (Wildman–Crippen LogP) is 6.47. The number of piperidine rings is 1. The summed E-state index contributed by atoms with van der Waals surface area (Å²) >= 11 is 0. The van der Waals surface area contributed by atoms with E-state index in [4.69, 9.17) is 14.6 Å². The van der Waals surface area contributed by atoms with Crippen molar-refractivity contribution in [2.45, 2.75) is 88.6 Å². The predicted molar refractivity (Wildman–Crippen MR) is 213 cm³/mol. The molecule has 2 amide bonds. The van der Waals surface area contributed by atoms with Gasteiger partial charge < -0.3 is 40.1 Å². The van der Waals surface area contributed by atoms with E-state index >= 15 is 0 Å². The highest BCUT2D eigenvalue weighted by Crippen LogP contribution is 2.41. The summed E-state index contributed by atoms with van der Waals surface area (Å²) in [5.74, 6) is -0.750. The van der Waals surface area contributed by atoms with Gasteiger partial charge in [-0.05, 0) is 77.8 Å². The minimum Gasteiger partial charge on any atom is -0.481 e. The Morgan fingerprint density at radius 1 is 0.804 bits per heavy atom. The van der Waals surface area contributed by atoms with Gasteiger partial charge in [0.2, 0.25) is 11.8 Å². The van der Waals surface area contributed by atoms with Crippen LogP contribution in [0.5, 0.6) is 0 Å². The molecule has 3 fully saturated rings. The molecule has 0 aromatic heterocycles. The lowest BCUT2D eigenvalue weighted by molar-refractivity contribution is -0.253. The van der Waals surface area contributed by atoms with Crippen molar-refractivity contribution < 1.29 is 34.1 Å². The second kappa shape index (κ2) is 18.3. The van der Waals surface area contributed by atoms with E-state index < -0.39 is 17.8 Å². The summed E-state index contributed by atoms with van der Waals surface area (Å²) in [7, 11) is 0. The first-order chi connectivity index (χ1) is 27.3. The molecule has 294 valence electrons. The van der Waals surface area contributed by atoms with Crippen LogP contribution in [0.25, 0.3) is 11.1 Å². The van der Waals surface area contributed by atoms with Crippen molar-refractivity contribution in [2.75, 3.05) is 31.2 Å². The number of carbonyl (C=O) groups excluding carboxylic acids is 2. The van der Waals surface area contributed by atoms with Gasteiger partial charge in [-0.15, -0.1) is 0 Å². The maximum atomic E-state index is 13.3. The van der Waals surface area contributed by atoms with Crippen molar-refractivity contribution >= 4 is 23.5 Å². The number of carboxylic acid groups (broad SMARTS) is 1. The minimum atomic E-state index is -0.808. The number of aliphatic carboxylic acids is 1. The fraction of sp³-hybridized carbons (Fsp3) is 0.400. The second-order valence-electron chi connectivity index (χ2n) is 15.2. The van der Waals surface area contributed by atoms with Crippen LogP contribution in [0.3, 0.4) is 0 Å². The molecule has 0 aliphatic carbocycles. The molecule has 3 saturated heterocycles. The number of carbonyl (C=O) groups is 3. The normalized spacial score (nSPS) is 20.8. The standard InChI is InChI=1S/C45H52N4O7/c50-30-32-17-19-34(20-18-32)40-27-39(29-48-23-21-45(22-24-48)44(54)47-31-49(45)38-13-3-1-4-14-38)55-43(56-40)37-12-8-11-36(26-37)35-10-7-9-33(25-35)28-46-41(51)15-5-2-6-16-42(52)53/h1,3-4,7-14,17-20,25-26,39-40,43,50H,2,5-6,15-16,21-24,27-31H2,(H,46,51)(H,47,54)(H,52,53). The van der Waals surface area contributed by atoms with Crippen molar-refractivity contribution in [2.24, 2.45) is 0 Å². The van der Waals surface area contributed by atoms with Gasteiger partial charge in [-0.1, -0.05) is 85.3 Å². The van der Waals surface area contributed by atoms with Crippen molar-refractivity contribution in [3.63, 3.8) is 0 Å². The Morgan fingerprint density at radius 2 is 1.54 bits per heavy atom. The third-order valence-corrected chi connectivity index (χ3v) is 11.4. The summed E-state index contributed by atoms with van der Waals surface area (Å²) in [5.41, 5.74) is 6.29. The van der Waals surface area contributed by atoms with Gasteiger partial charge in [0.1, 0.15) is 5.54 Å². The first-order valence-electron chi connectivity index (χ1n) is 19.8. The van der Waals surface area contributed by atoms with Crippen LogP contribution in [-0.4, -0.2) is 70.8 Å². The summed E-state index contributed by atoms with van der Waals surface area (Å²) < 4.78 is 13.5. The van der Waals surface area contributed by atoms with E-state index in [1.165, 1.54) is 0 Å². The molecule has 4 aromatic carbocycles. The van der Waals surface area contributed by atoms with Crippen molar-refractivity contribution in [3.05, 3.63) is 125 Å². The zero-order valence-electron chi connectivity index (χ0n) is 31.8. The Hall–Kier alpha value is -5.07. The van der Waals surface area contributed by atoms with Crippen LogP contribution < -0.4 is 15.5 Å². The van der Waals surface area contributed by atoms with Crippen LogP contribution >= 0.6 is 0 Å². The highest BCUT2D eigenvalue weighted by molar-refractivity contribution is 5.93. The molecule has 3 aliphatic heterocycles. The summed E-state index contributed by atoms with van der Waals surface area (Å²) in [6.45, 7) is 3.16. The van der Waals surface area contributed by atoms with Crippen LogP contribution in [-0.2, 0) is 37.0 Å². The highest BCUT2D eigenvalue weighted by Gasteiger charge is 2.50. The SMILES string of the molecule is O=C(O)CCCCCC(=O)NCc1cccc(-c2cccc(C3OC(CN4CCC5(CC4)C(=O)NCN5c4ccccc4)CC(c4ccc(CO)cc4)O3)c2)c1.